The zero-order valence-electron chi connectivity index (χ0n) is 9.08. The molecule has 0 fully saturated rings. The average Bonchev–Trinajstić information content (AvgIpc) is 2.58. The van der Waals surface area contributed by atoms with Crippen LogP contribution in [0.1, 0.15) is 23.7 Å². The molecule has 0 N–H and O–H groups in total. The predicted octanol–water partition coefficient (Wildman–Crippen LogP) is 4.17. The van der Waals surface area contributed by atoms with Gasteiger partial charge in [0, 0.05) is 6.20 Å². The minimum absolute atomic E-state index is 0.585. The van der Waals surface area contributed by atoms with Crippen molar-refractivity contribution in [2.45, 2.75) is 27.4 Å². The first kappa shape index (κ1) is 12.5. The second-order valence-corrected chi connectivity index (χ2v) is 5.63. The van der Waals surface area contributed by atoms with E-state index in [0.717, 1.165) is 20.1 Å². The highest BCUT2D eigenvalue weighted by Gasteiger charge is 1.99. The SMILES string of the molecule is CC=C(C=C(C)Br)OCc1cnc(C)s1. The summed E-state index contributed by atoms with van der Waals surface area (Å²) in [5, 5.41) is 1.07. The number of aryl methyl sites for hydroxylation is 1. The van der Waals surface area contributed by atoms with Crippen LogP contribution in [-0.4, -0.2) is 4.98 Å². The molecule has 1 heterocycles. The number of allylic oxidation sites excluding steroid dienone is 3. The van der Waals surface area contributed by atoms with E-state index in [1.807, 2.05) is 39.1 Å². The van der Waals surface area contributed by atoms with Crippen LogP contribution < -0.4 is 0 Å². The van der Waals surface area contributed by atoms with Gasteiger partial charge in [-0.15, -0.1) is 11.3 Å². The molecule has 2 nitrogen and oxygen atoms in total. The summed E-state index contributed by atoms with van der Waals surface area (Å²) in [6.45, 7) is 6.51. The molecule has 15 heavy (non-hydrogen) atoms. The fraction of sp³-hybridized carbons (Fsp3) is 0.364. The summed E-state index contributed by atoms with van der Waals surface area (Å²) in [5.41, 5.74) is 0. The molecular weight excluding hydrogens is 274 g/mol. The molecule has 0 atom stereocenters. The van der Waals surface area contributed by atoms with E-state index in [1.54, 1.807) is 11.3 Å². The fourth-order valence-corrected chi connectivity index (χ4v) is 1.96. The van der Waals surface area contributed by atoms with Gasteiger partial charge in [0.25, 0.3) is 0 Å². The second-order valence-electron chi connectivity index (χ2n) is 3.06. The normalized spacial score (nSPS) is 13.1. The maximum atomic E-state index is 5.63. The topological polar surface area (TPSA) is 22.1 Å². The Kier molecular flexibility index (Phi) is 5.05. The number of thiazole rings is 1. The van der Waals surface area contributed by atoms with E-state index in [9.17, 15) is 0 Å². The van der Waals surface area contributed by atoms with Crippen LogP contribution in [0.15, 0.2) is 28.6 Å². The number of ether oxygens (including phenoxy) is 1. The van der Waals surface area contributed by atoms with Gasteiger partial charge in [-0.05, 0) is 37.4 Å². The summed E-state index contributed by atoms with van der Waals surface area (Å²) in [6.07, 6.45) is 5.75. The van der Waals surface area contributed by atoms with Gasteiger partial charge in [-0.3, -0.25) is 0 Å². The summed E-state index contributed by atoms with van der Waals surface area (Å²) in [4.78, 5) is 5.32. The monoisotopic (exact) mass is 287 g/mol. The van der Waals surface area contributed by atoms with Crippen molar-refractivity contribution >= 4 is 27.3 Å². The Morgan fingerprint density at radius 3 is 2.87 bits per heavy atom. The van der Waals surface area contributed by atoms with Crippen molar-refractivity contribution in [2.75, 3.05) is 0 Å². The number of halogens is 1. The molecule has 1 rings (SSSR count). The lowest BCUT2D eigenvalue weighted by molar-refractivity contribution is 0.213. The number of hydrogen-bond donors (Lipinski definition) is 0. The molecule has 4 heteroatoms. The molecule has 0 aliphatic heterocycles. The summed E-state index contributed by atoms with van der Waals surface area (Å²) in [5.74, 6) is 0.871. The van der Waals surface area contributed by atoms with E-state index in [0.29, 0.717) is 6.61 Å². The summed E-state index contributed by atoms with van der Waals surface area (Å²) >= 11 is 5.04. The van der Waals surface area contributed by atoms with E-state index < -0.39 is 0 Å². The van der Waals surface area contributed by atoms with Crippen molar-refractivity contribution in [3.63, 3.8) is 0 Å². The minimum atomic E-state index is 0.585. The molecule has 0 saturated heterocycles. The second kappa shape index (κ2) is 6.08. The maximum Gasteiger partial charge on any atom is 0.124 e. The molecule has 0 amide bonds. The highest BCUT2D eigenvalue weighted by atomic mass is 79.9. The first-order valence-corrected chi connectivity index (χ1v) is 6.27. The molecule has 0 aliphatic carbocycles. The van der Waals surface area contributed by atoms with E-state index in [1.165, 1.54) is 0 Å². The number of aromatic nitrogens is 1. The quantitative estimate of drug-likeness (QED) is 0.612. The Morgan fingerprint density at radius 1 is 1.67 bits per heavy atom. The van der Waals surface area contributed by atoms with Gasteiger partial charge in [0.15, 0.2) is 0 Å². The molecule has 0 radical (unpaired) electrons. The lowest BCUT2D eigenvalue weighted by Crippen LogP contribution is -1.89. The van der Waals surface area contributed by atoms with Gasteiger partial charge in [-0.1, -0.05) is 15.9 Å². The summed E-state index contributed by atoms with van der Waals surface area (Å²) < 4.78 is 6.68. The van der Waals surface area contributed by atoms with Crippen LogP contribution in [0, 0.1) is 6.92 Å². The molecule has 0 bridgehead atoms. The predicted molar refractivity (Wildman–Crippen MR) is 68.1 cm³/mol. The van der Waals surface area contributed by atoms with E-state index in [2.05, 4.69) is 20.9 Å². The Labute approximate surface area is 103 Å². The highest BCUT2D eigenvalue weighted by molar-refractivity contribution is 9.11. The molecule has 0 aliphatic rings. The molecule has 0 aromatic carbocycles. The third kappa shape index (κ3) is 4.62. The zero-order chi connectivity index (χ0) is 11.3. The molecule has 0 unspecified atom stereocenters. The number of hydrogen-bond acceptors (Lipinski definition) is 3. The van der Waals surface area contributed by atoms with E-state index in [-0.39, 0.29) is 0 Å². The van der Waals surface area contributed by atoms with Gasteiger partial charge >= 0.3 is 0 Å². The van der Waals surface area contributed by atoms with Crippen molar-refractivity contribution < 1.29 is 4.74 Å². The average molecular weight is 288 g/mol. The fourth-order valence-electron chi connectivity index (χ4n) is 1.03. The zero-order valence-corrected chi connectivity index (χ0v) is 11.5. The van der Waals surface area contributed by atoms with E-state index in [4.69, 9.17) is 4.74 Å². The van der Waals surface area contributed by atoms with Crippen molar-refractivity contribution in [2.24, 2.45) is 0 Å². The molecular formula is C11H14BrNOS. The lowest BCUT2D eigenvalue weighted by atomic mass is 10.4. The van der Waals surface area contributed by atoms with Crippen molar-refractivity contribution in [3.8, 4) is 0 Å². The number of rotatable bonds is 4. The van der Waals surface area contributed by atoms with Crippen LogP contribution in [0.5, 0.6) is 0 Å². The van der Waals surface area contributed by atoms with Gasteiger partial charge in [0.05, 0.1) is 9.88 Å². The Morgan fingerprint density at radius 2 is 2.40 bits per heavy atom. The summed E-state index contributed by atoms with van der Waals surface area (Å²) in [7, 11) is 0. The largest absolute Gasteiger partial charge is 0.488 e. The van der Waals surface area contributed by atoms with Crippen LogP contribution >= 0.6 is 27.3 Å². The van der Waals surface area contributed by atoms with Crippen molar-refractivity contribution in [1.82, 2.24) is 4.98 Å². The Balaban J connectivity index is 2.52. The summed E-state index contributed by atoms with van der Waals surface area (Å²) in [6, 6.07) is 0. The third-order valence-electron chi connectivity index (χ3n) is 1.68. The van der Waals surface area contributed by atoms with Crippen LogP contribution in [-0.2, 0) is 11.3 Å². The lowest BCUT2D eigenvalue weighted by Gasteiger charge is -2.04. The Hall–Kier alpha value is -0.610. The first-order chi connectivity index (χ1) is 7.11. The van der Waals surface area contributed by atoms with Crippen molar-refractivity contribution in [1.29, 1.82) is 0 Å². The van der Waals surface area contributed by atoms with Crippen LogP contribution in [0.4, 0.5) is 0 Å². The standard InChI is InChI=1S/C11H14BrNOS/c1-4-10(5-8(2)12)14-7-11-6-13-9(3)15-11/h4-6H,7H2,1-3H3. The van der Waals surface area contributed by atoms with Crippen LogP contribution in [0.2, 0.25) is 0 Å². The van der Waals surface area contributed by atoms with Crippen LogP contribution in [0.3, 0.4) is 0 Å². The van der Waals surface area contributed by atoms with Crippen molar-refractivity contribution in [3.05, 3.63) is 38.5 Å². The Bertz CT molecular complexity index is 378. The van der Waals surface area contributed by atoms with Gasteiger partial charge < -0.3 is 4.74 Å². The molecule has 0 spiro atoms. The maximum absolute atomic E-state index is 5.63. The highest BCUT2D eigenvalue weighted by Crippen LogP contribution is 2.16. The molecule has 0 saturated carbocycles. The number of nitrogens with zero attached hydrogens (tertiary/aromatic N) is 1. The minimum Gasteiger partial charge on any atom is -0.488 e. The third-order valence-corrected chi connectivity index (χ3v) is 2.79. The molecule has 1 aromatic rings. The van der Waals surface area contributed by atoms with Crippen LogP contribution in [0.25, 0.3) is 0 Å². The van der Waals surface area contributed by atoms with E-state index >= 15 is 0 Å². The smallest absolute Gasteiger partial charge is 0.124 e. The molecule has 82 valence electrons. The molecule has 1 aromatic heterocycles. The van der Waals surface area contributed by atoms with Gasteiger partial charge in [0.2, 0.25) is 0 Å². The van der Waals surface area contributed by atoms with Gasteiger partial charge in [0.1, 0.15) is 12.4 Å². The van der Waals surface area contributed by atoms with Gasteiger partial charge in [-0.2, -0.15) is 0 Å². The first-order valence-electron chi connectivity index (χ1n) is 4.66. The van der Waals surface area contributed by atoms with Gasteiger partial charge in [-0.25, -0.2) is 4.98 Å².